The van der Waals surface area contributed by atoms with Crippen LogP contribution in [-0.4, -0.2) is 69.0 Å². The van der Waals surface area contributed by atoms with Gasteiger partial charge in [-0.2, -0.15) is 0 Å². The fourth-order valence-corrected chi connectivity index (χ4v) is 5.61. The maximum atomic E-state index is 13.7. The van der Waals surface area contributed by atoms with Gasteiger partial charge < -0.3 is 25.4 Å². The van der Waals surface area contributed by atoms with Crippen LogP contribution in [0.15, 0.2) is 29.8 Å². The van der Waals surface area contributed by atoms with Gasteiger partial charge in [-0.25, -0.2) is 4.98 Å². The third-order valence-electron chi connectivity index (χ3n) is 6.92. The lowest BCUT2D eigenvalue weighted by Gasteiger charge is -2.35. The molecule has 0 saturated carbocycles. The van der Waals surface area contributed by atoms with Gasteiger partial charge in [-0.3, -0.25) is 19.2 Å². The smallest absolute Gasteiger partial charge is 0.306 e. The molecule has 3 amide bonds. The Hall–Kier alpha value is -3.31. The largest absolute Gasteiger partial charge is 0.460 e. The number of aromatic nitrogens is 1. The van der Waals surface area contributed by atoms with Gasteiger partial charge in [-0.05, 0) is 50.7 Å². The van der Waals surface area contributed by atoms with Crippen molar-refractivity contribution in [2.45, 2.75) is 104 Å². The lowest BCUT2D eigenvalue weighted by atomic mass is 9.85. The first-order valence-electron chi connectivity index (χ1n) is 14.3. The van der Waals surface area contributed by atoms with Gasteiger partial charge in [-0.1, -0.05) is 45.0 Å². The number of β-amino-alcohol motifs (C(OH)–C–C–N with tert-alkyl or cyclic N) is 1. The number of hydrogen-bond acceptors (Lipinski definition) is 8. The zero-order valence-corrected chi connectivity index (χ0v) is 26.5. The van der Waals surface area contributed by atoms with Crippen molar-refractivity contribution in [3.8, 4) is 10.4 Å². The minimum atomic E-state index is -0.921. The average molecular weight is 601 g/mol. The first kappa shape index (κ1) is 33.2. The summed E-state index contributed by atoms with van der Waals surface area (Å²) in [6.45, 7) is 13.1. The summed E-state index contributed by atoms with van der Waals surface area (Å²) < 4.78 is 5.28. The second kappa shape index (κ2) is 13.8. The molecule has 2 heterocycles. The van der Waals surface area contributed by atoms with E-state index in [2.05, 4.69) is 15.6 Å². The van der Waals surface area contributed by atoms with E-state index in [9.17, 15) is 24.3 Å². The predicted molar refractivity (Wildman–Crippen MR) is 161 cm³/mol. The van der Waals surface area contributed by atoms with Crippen LogP contribution < -0.4 is 10.6 Å². The molecule has 42 heavy (non-hydrogen) atoms. The van der Waals surface area contributed by atoms with Crippen molar-refractivity contribution >= 4 is 35.0 Å². The van der Waals surface area contributed by atoms with Crippen LogP contribution in [0.5, 0.6) is 0 Å². The standard InChI is InChI=1S/C31H44N4O6S/c1-19-26(42-18-33-19)21-13-11-20(12-14-21)16-32-28(39)23-15-22(36)17-35(23)29(40)27(30(2,3)4)34-24(37)9-8-10-25(38)41-31(5,6)7/h11-14,18,22-23,27,36H,8-10,15-17H2,1-7H3,(H,32,39)(H,34,37)/t22-,23+,27-/m1/s1. The summed E-state index contributed by atoms with van der Waals surface area (Å²) in [5.74, 6) is -1.54. The van der Waals surface area contributed by atoms with Crippen LogP contribution in [0.25, 0.3) is 10.4 Å². The van der Waals surface area contributed by atoms with Crippen LogP contribution in [0.1, 0.15) is 78.5 Å². The molecule has 1 aliphatic rings. The molecule has 230 valence electrons. The maximum Gasteiger partial charge on any atom is 0.306 e. The number of hydrogen-bond donors (Lipinski definition) is 3. The highest BCUT2D eigenvalue weighted by Crippen LogP contribution is 2.28. The molecule has 0 unspecified atom stereocenters. The third-order valence-corrected chi connectivity index (χ3v) is 7.89. The van der Waals surface area contributed by atoms with Gasteiger partial charge >= 0.3 is 5.97 Å². The third kappa shape index (κ3) is 9.35. The van der Waals surface area contributed by atoms with Crippen LogP contribution in [-0.2, 0) is 30.5 Å². The van der Waals surface area contributed by atoms with Gasteiger partial charge in [0, 0.05) is 32.4 Å². The highest BCUT2D eigenvalue weighted by molar-refractivity contribution is 7.13. The normalized spacial score (nSPS) is 18.0. The Kier molecular flexibility index (Phi) is 10.9. The Morgan fingerprint density at radius 3 is 2.33 bits per heavy atom. The second-order valence-corrected chi connectivity index (χ2v) is 13.7. The van der Waals surface area contributed by atoms with Gasteiger partial charge in [-0.15, -0.1) is 11.3 Å². The number of aryl methyl sites for hydroxylation is 1. The van der Waals surface area contributed by atoms with E-state index in [1.54, 1.807) is 32.1 Å². The van der Waals surface area contributed by atoms with Crippen molar-refractivity contribution < 1.29 is 29.0 Å². The van der Waals surface area contributed by atoms with Crippen molar-refractivity contribution in [2.75, 3.05) is 6.54 Å². The molecule has 3 atom stereocenters. The molecule has 0 radical (unpaired) electrons. The molecular formula is C31H44N4O6S. The second-order valence-electron chi connectivity index (χ2n) is 12.9. The van der Waals surface area contributed by atoms with Crippen LogP contribution in [0.3, 0.4) is 0 Å². The van der Waals surface area contributed by atoms with Crippen molar-refractivity contribution in [3.63, 3.8) is 0 Å². The monoisotopic (exact) mass is 600 g/mol. The molecule has 3 rings (SSSR count). The summed E-state index contributed by atoms with van der Waals surface area (Å²) in [4.78, 5) is 58.5. The highest BCUT2D eigenvalue weighted by atomic mass is 32.1. The maximum absolute atomic E-state index is 13.7. The van der Waals surface area contributed by atoms with Crippen molar-refractivity contribution in [1.82, 2.24) is 20.5 Å². The van der Waals surface area contributed by atoms with Gasteiger partial charge in [0.1, 0.15) is 17.7 Å². The Morgan fingerprint density at radius 2 is 1.76 bits per heavy atom. The number of ether oxygens (including phenoxy) is 1. The summed E-state index contributed by atoms with van der Waals surface area (Å²) in [6, 6.07) is 6.07. The minimum Gasteiger partial charge on any atom is -0.460 e. The summed E-state index contributed by atoms with van der Waals surface area (Å²) in [5.41, 5.74) is 3.47. The Balaban J connectivity index is 1.60. The molecule has 0 bridgehead atoms. The first-order chi connectivity index (χ1) is 19.5. The number of carbonyl (C=O) groups excluding carboxylic acids is 4. The zero-order valence-electron chi connectivity index (χ0n) is 25.7. The molecule has 1 fully saturated rings. The van der Waals surface area contributed by atoms with E-state index in [-0.39, 0.29) is 56.6 Å². The van der Waals surface area contributed by atoms with Gasteiger partial charge in [0.15, 0.2) is 0 Å². The van der Waals surface area contributed by atoms with E-state index in [0.29, 0.717) is 0 Å². The number of nitrogens with one attached hydrogen (secondary N) is 2. The molecule has 11 heteroatoms. The molecule has 0 spiro atoms. The van der Waals surface area contributed by atoms with E-state index in [1.807, 2.05) is 57.5 Å². The van der Waals surface area contributed by atoms with E-state index in [4.69, 9.17) is 4.74 Å². The summed E-state index contributed by atoms with van der Waals surface area (Å²) >= 11 is 1.57. The number of esters is 1. The molecule has 1 aromatic heterocycles. The summed E-state index contributed by atoms with van der Waals surface area (Å²) in [6.07, 6.45) is -0.317. The van der Waals surface area contributed by atoms with E-state index in [1.165, 1.54) is 4.90 Å². The highest BCUT2D eigenvalue weighted by Gasteiger charge is 2.44. The van der Waals surface area contributed by atoms with Crippen molar-refractivity contribution in [3.05, 3.63) is 41.0 Å². The van der Waals surface area contributed by atoms with Crippen LogP contribution in [0.4, 0.5) is 0 Å². The van der Waals surface area contributed by atoms with Gasteiger partial charge in [0.2, 0.25) is 17.7 Å². The molecule has 0 aliphatic carbocycles. The fourth-order valence-electron chi connectivity index (χ4n) is 4.80. The van der Waals surface area contributed by atoms with E-state index in [0.717, 1.165) is 21.7 Å². The molecule has 1 aliphatic heterocycles. The lowest BCUT2D eigenvalue weighted by molar-refractivity contribution is -0.155. The number of amides is 3. The molecule has 2 aromatic rings. The molecular weight excluding hydrogens is 556 g/mol. The molecule has 3 N–H and O–H groups in total. The molecule has 1 aromatic carbocycles. The van der Waals surface area contributed by atoms with E-state index < -0.39 is 35.1 Å². The summed E-state index contributed by atoms with van der Waals surface area (Å²) in [5, 5.41) is 16.1. The number of rotatable bonds is 10. The van der Waals surface area contributed by atoms with Crippen LogP contribution in [0.2, 0.25) is 0 Å². The number of likely N-dealkylation sites (tertiary alicyclic amines) is 1. The van der Waals surface area contributed by atoms with Crippen molar-refractivity contribution in [1.29, 1.82) is 0 Å². The number of benzene rings is 1. The minimum absolute atomic E-state index is 0.000904. The zero-order chi connectivity index (χ0) is 31.2. The number of carbonyl (C=O) groups is 4. The Labute approximate surface area is 252 Å². The van der Waals surface area contributed by atoms with Crippen LogP contribution >= 0.6 is 11.3 Å². The fraction of sp³-hybridized carbons (Fsp3) is 0.581. The van der Waals surface area contributed by atoms with E-state index >= 15 is 0 Å². The lowest BCUT2D eigenvalue weighted by Crippen LogP contribution is -2.57. The van der Waals surface area contributed by atoms with Gasteiger partial charge in [0.05, 0.1) is 22.2 Å². The van der Waals surface area contributed by atoms with Crippen LogP contribution in [0, 0.1) is 12.3 Å². The number of aliphatic hydroxyl groups excluding tert-OH is 1. The average Bonchev–Trinajstić information content (AvgIpc) is 3.49. The quantitative estimate of drug-likeness (QED) is 0.353. The first-order valence-corrected chi connectivity index (χ1v) is 15.2. The number of aliphatic hydroxyl groups is 1. The SMILES string of the molecule is Cc1ncsc1-c1ccc(CNC(=O)[C@@H]2C[C@@H](O)CN2C(=O)[C@@H](NC(=O)CCCC(=O)OC(C)(C)C)C(C)(C)C)cc1. The molecule has 1 saturated heterocycles. The Bertz CT molecular complexity index is 1260. The topological polar surface area (TPSA) is 138 Å². The predicted octanol–water partition coefficient (Wildman–Crippen LogP) is 3.74. The van der Waals surface area contributed by atoms with Gasteiger partial charge in [0.25, 0.3) is 0 Å². The van der Waals surface area contributed by atoms with Crippen molar-refractivity contribution in [2.24, 2.45) is 5.41 Å². The molecule has 10 nitrogen and oxygen atoms in total. The Morgan fingerprint density at radius 1 is 1.10 bits per heavy atom. The number of thiazole rings is 1. The summed E-state index contributed by atoms with van der Waals surface area (Å²) in [7, 11) is 0. The number of nitrogens with zero attached hydrogens (tertiary/aromatic N) is 2.